The minimum atomic E-state index is -3.61. The summed E-state index contributed by atoms with van der Waals surface area (Å²) >= 11 is 0. The summed E-state index contributed by atoms with van der Waals surface area (Å²) in [6.07, 6.45) is 9.61. The Hall–Kier alpha value is -3.38. The number of rotatable bonds is 4. The van der Waals surface area contributed by atoms with E-state index in [-0.39, 0.29) is 15.5 Å². The second-order valence-electron chi connectivity index (χ2n) is 8.89. The molecule has 6 rings (SSSR count). The number of nitrogens with two attached hydrogens (primary N) is 1. The third kappa shape index (κ3) is 3.20. The zero-order valence-corrected chi connectivity index (χ0v) is 19.5. The van der Waals surface area contributed by atoms with Crippen LogP contribution in [0.25, 0.3) is 10.9 Å². The van der Waals surface area contributed by atoms with Crippen molar-refractivity contribution in [2.45, 2.75) is 17.9 Å². The molecule has 0 amide bonds. The minimum absolute atomic E-state index is 0.0574. The van der Waals surface area contributed by atoms with Gasteiger partial charge in [-0.3, -0.25) is 4.99 Å². The van der Waals surface area contributed by atoms with Gasteiger partial charge in [0, 0.05) is 43.2 Å². The van der Waals surface area contributed by atoms with Crippen LogP contribution in [0.5, 0.6) is 0 Å². The number of aromatic amines is 1. The van der Waals surface area contributed by atoms with Crippen LogP contribution in [0.2, 0.25) is 0 Å². The molecule has 0 aliphatic carbocycles. The Morgan fingerprint density at radius 2 is 2.00 bits per heavy atom. The third-order valence-electron chi connectivity index (χ3n) is 6.72. The van der Waals surface area contributed by atoms with E-state index in [0.29, 0.717) is 31.8 Å². The Balaban J connectivity index is 1.31. The van der Waals surface area contributed by atoms with Gasteiger partial charge in [-0.2, -0.15) is 15.1 Å². The number of piperidine rings is 1. The molecule has 3 N–H and O–H groups in total. The third-order valence-corrected chi connectivity index (χ3v) is 8.50. The Bertz CT molecular complexity index is 1490. The number of amidine groups is 1. The van der Waals surface area contributed by atoms with Crippen LogP contribution in [0.3, 0.4) is 0 Å². The van der Waals surface area contributed by atoms with Crippen LogP contribution in [-0.2, 0) is 17.1 Å². The molecule has 0 radical (unpaired) electrons. The quantitative estimate of drug-likeness (QED) is 0.442. The van der Waals surface area contributed by atoms with E-state index in [1.54, 1.807) is 24.0 Å². The maximum Gasteiger partial charge on any atom is 0.281 e. The highest BCUT2D eigenvalue weighted by Gasteiger charge is 2.47. The fourth-order valence-corrected chi connectivity index (χ4v) is 6.34. The van der Waals surface area contributed by atoms with E-state index < -0.39 is 10.0 Å². The zero-order valence-electron chi connectivity index (χ0n) is 18.7. The summed E-state index contributed by atoms with van der Waals surface area (Å²) in [7, 11) is -1.86. The van der Waals surface area contributed by atoms with Crippen molar-refractivity contribution in [1.82, 2.24) is 18.8 Å². The first-order chi connectivity index (χ1) is 16.4. The van der Waals surface area contributed by atoms with Crippen LogP contribution in [-0.4, -0.2) is 57.0 Å². The number of quaternary nitrogens is 1. The molecule has 174 valence electrons. The number of aromatic nitrogens is 3. The molecular formula is C23H25N8O2S+. The molecule has 0 spiro atoms. The minimum Gasteiger partial charge on any atom is -0.349 e. The maximum absolute atomic E-state index is 13.0. The van der Waals surface area contributed by atoms with Gasteiger partial charge in [-0.05, 0) is 25.0 Å². The predicted molar refractivity (Wildman–Crippen MR) is 129 cm³/mol. The predicted octanol–water partition coefficient (Wildman–Crippen LogP) is 2.22. The lowest BCUT2D eigenvalue weighted by atomic mass is 9.93. The van der Waals surface area contributed by atoms with Gasteiger partial charge in [0.25, 0.3) is 15.9 Å². The average molecular weight is 478 g/mol. The van der Waals surface area contributed by atoms with Gasteiger partial charge in [0.15, 0.2) is 5.03 Å². The number of imidazole rings is 1. The largest absolute Gasteiger partial charge is 0.349 e. The number of aliphatic imine (C=N–C) groups is 2. The molecule has 10 nitrogen and oxygen atoms in total. The molecule has 1 aromatic carbocycles. The molecule has 0 bridgehead atoms. The van der Waals surface area contributed by atoms with E-state index in [1.165, 1.54) is 16.8 Å². The van der Waals surface area contributed by atoms with Crippen molar-refractivity contribution >= 4 is 33.0 Å². The first-order valence-electron chi connectivity index (χ1n) is 11.1. The summed E-state index contributed by atoms with van der Waals surface area (Å²) < 4.78 is 29.1. The van der Waals surface area contributed by atoms with Gasteiger partial charge in [0.2, 0.25) is 5.70 Å². The second-order valence-corrected chi connectivity index (χ2v) is 10.8. The standard InChI is InChI=1S/C23H25N8O2S/c1-29-14-21(26-15-29)34(32,33)30-9-6-16(7-10-30)22-20-13-25-8-11-31(20,24)23(28-22)19-12-17-4-2-3-5-18(17)27-19/h2-5,8,11-16,27H,6-7,9-10,24H2,1H3/q+1. The lowest BCUT2D eigenvalue weighted by Crippen LogP contribution is -2.53. The van der Waals surface area contributed by atoms with E-state index in [1.807, 2.05) is 30.5 Å². The van der Waals surface area contributed by atoms with Crippen LogP contribution in [0.15, 0.2) is 81.7 Å². The highest BCUT2D eigenvalue weighted by molar-refractivity contribution is 7.89. The second kappa shape index (κ2) is 7.57. The van der Waals surface area contributed by atoms with Gasteiger partial charge >= 0.3 is 0 Å². The summed E-state index contributed by atoms with van der Waals surface area (Å²) in [4.78, 5) is 16.8. The molecule has 1 fully saturated rings. The normalized spacial score (nSPS) is 23.6. The molecular weight excluding hydrogens is 452 g/mol. The lowest BCUT2D eigenvalue weighted by Gasteiger charge is -2.31. The molecule has 0 saturated carbocycles. The van der Waals surface area contributed by atoms with Gasteiger partial charge in [0.05, 0.1) is 18.7 Å². The number of allylic oxidation sites excluding steroid dienone is 2. The summed E-state index contributed by atoms with van der Waals surface area (Å²) in [6.45, 7) is 0.796. The van der Waals surface area contributed by atoms with Gasteiger partial charge in [0.1, 0.15) is 17.6 Å². The van der Waals surface area contributed by atoms with Gasteiger partial charge in [-0.25, -0.2) is 13.4 Å². The van der Waals surface area contributed by atoms with E-state index in [0.717, 1.165) is 28.0 Å². The number of H-pyrrole nitrogens is 1. The van der Waals surface area contributed by atoms with E-state index in [9.17, 15) is 8.42 Å². The molecule has 1 saturated heterocycles. The summed E-state index contributed by atoms with van der Waals surface area (Å²) in [5, 5.41) is 1.17. The van der Waals surface area contributed by atoms with Crippen LogP contribution >= 0.6 is 0 Å². The topological polar surface area (TPSA) is 122 Å². The summed E-state index contributed by atoms with van der Waals surface area (Å²) in [6, 6.07) is 10.1. The van der Waals surface area contributed by atoms with E-state index in [2.05, 4.69) is 21.0 Å². The number of sulfonamides is 1. The zero-order chi connectivity index (χ0) is 23.5. The highest BCUT2D eigenvalue weighted by atomic mass is 32.2. The van der Waals surface area contributed by atoms with Gasteiger partial charge in [-0.1, -0.05) is 18.2 Å². The number of aryl methyl sites for hydroxylation is 1. The van der Waals surface area contributed by atoms with E-state index >= 15 is 0 Å². The summed E-state index contributed by atoms with van der Waals surface area (Å²) in [5.74, 6) is 7.64. The molecule has 34 heavy (non-hydrogen) atoms. The summed E-state index contributed by atoms with van der Waals surface area (Å²) in [5.41, 5.74) is 3.57. The first-order valence-corrected chi connectivity index (χ1v) is 12.6. The van der Waals surface area contributed by atoms with Crippen molar-refractivity contribution in [3.05, 3.63) is 72.3 Å². The molecule has 1 unspecified atom stereocenters. The Morgan fingerprint density at radius 3 is 2.74 bits per heavy atom. The van der Waals surface area contributed by atoms with Crippen LogP contribution in [0, 0.1) is 5.92 Å². The molecule has 2 aromatic heterocycles. The number of hydrogen-bond acceptors (Lipinski definition) is 6. The Labute approximate surface area is 197 Å². The average Bonchev–Trinajstić information content (AvgIpc) is 3.54. The molecule has 1 atom stereocenters. The van der Waals surface area contributed by atoms with Crippen molar-refractivity contribution in [2.75, 3.05) is 13.1 Å². The maximum atomic E-state index is 13.0. The number of benzene rings is 1. The molecule has 3 aromatic rings. The van der Waals surface area contributed by atoms with Crippen LogP contribution < -0.4 is 5.84 Å². The SMILES string of the molecule is Cn1cnc(S(=O)(=O)N2CCC(C3=C4C=NC=C[N+]4(N)C(c4cc5ccccc5[nH]4)=N3)CC2)c1. The number of nitrogens with zero attached hydrogens (tertiary/aromatic N) is 6. The van der Waals surface area contributed by atoms with Crippen molar-refractivity contribution in [3.63, 3.8) is 0 Å². The smallest absolute Gasteiger partial charge is 0.281 e. The highest BCUT2D eigenvalue weighted by Crippen LogP contribution is 2.38. The van der Waals surface area contributed by atoms with Crippen molar-refractivity contribution in [2.24, 2.45) is 28.8 Å². The van der Waals surface area contributed by atoms with E-state index in [4.69, 9.17) is 10.8 Å². The Kier molecular flexibility index (Phi) is 4.71. The lowest BCUT2D eigenvalue weighted by molar-refractivity contribution is -0.750. The molecule has 3 aliphatic rings. The van der Waals surface area contributed by atoms with Gasteiger partial charge in [-0.15, -0.1) is 4.59 Å². The Morgan fingerprint density at radius 1 is 1.21 bits per heavy atom. The first kappa shape index (κ1) is 21.2. The number of para-hydroxylation sites is 1. The number of hydrogen-bond donors (Lipinski definition) is 2. The molecule has 3 aliphatic heterocycles. The number of fused-ring (bicyclic) bond motifs is 2. The van der Waals surface area contributed by atoms with Crippen molar-refractivity contribution < 1.29 is 13.0 Å². The molecule has 5 heterocycles. The van der Waals surface area contributed by atoms with Gasteiger partial charge < -0.3 is 9.55 Å². The fourth-order valence-electron chi connectivity index (χ4n) is 4.91. The monoisotopic (exact) mass is 477 g/mol. The van der Waals surface area contributed by atoms with Crippen LogP contribution in [0.4, 0.5) is 0 Å². The van der Waals surface area contributed by atoms with Crippen molar-refractivity contribution in [1.29, 1.82) is 0 Å². The van der Waals surface area contributed by atoms with Crippen molar-refractivity contribution in [3.8, 4) is 0 Å². The fraction of sp³-hybridized carbons (Fsp3) is 0.261. The number of nitrogens with one attached hydrogen (secondary N) is 1. The molecule has 11 heteroatoms. The van der Waals surface area contributed by atoms with Crippen LogP contribution in [0.1, 0.15) is 18.5 Å².